The van der Waals surface area contributed by atoms with E-state index in [9.17, 15) is 9.59 Å². The van der Waals surface area contributed by atoms with Gasteiger partial charge in [0.05, 0.1) is 11.3 Å². The highest BCUT2D eigenvalue weighted by Crippen LogP contribution is 2.21. The normalized spacial score (nSPS) is 14.9. The molecule has 0 unspecified atom stereocenters. The Morgan fingerprint density at radius 3 is 2.58 bits per heavy atom. The van der Waals surface area contributed by atoms with Crippen LogP contribution in [0.2, 0.25) is 5.22 Å². The highest BCUT2D eigenvalue weighted by Gasteiger charge is 2.25. The van der Waals surface area contributed by atoms with Gasteiger partial charge in [-0.1, -0.05) is 5.16 Å². The lowest BCUT2D eigenvalue weighted by molar-refractivity contribution is -0.132. The Balaban J connectivity index is 1.49. The molecule has 1 aliphatic heterocycles. The molecular weight excluding hydrogens is 350 g/mol. The number of aromatic nitrogens is 1. The van der Waals surface area contributed by atoms with Crippen LogP contribution < -0.4 is 0 Å². The summed E-state index contributed by atoms with van der Waals surface area (Å²) in [6.45, 7) is 4.06. The number of carbonyl (C=O) groups is 2. The molecule has 24 heavy (non-hydrogen) atoms. The number of thiophene rings is 1. The molecule has 6 nitrogen and oxygen atoms in total. The van der Waals surface area contributed by atoms with Crippen molar-refractivity contribution >= 4 is 34.8 Å². The van der Waals surface area contributed by atoms with Crippen molar-refractivity contribution in [2.45, 2.75) is 19.8 Å². The van der Waals surface area contributed by atoms with E-state index in [1.807, 2.05) is 23.8 Å². The molecule has 3 rings (SSSR count). The number of hydrogen-bond acceptors (Lipinski definition) is 5. The van der Waals surface area contributed by atoms with Crippen molar-refractivity contribution in [3.8, 4) is 0 Å². The van der Waals surface area contributed by atoms with Crippen LogP contribution in [0.3, 0.4) is 0 Å². The summed E-state index contributed by atoms with van der Waals surface area (Å²) in [5.74, 6) is 0.101. The van der Waals surface area contributed by atoms with E-state index >= 15 is 0 Å². The van der Waals surface area contributed by atoms with E-state index in [4.69, 9.17) is 16.1 Å². The van der Waals surface area contributed by atoms with Crippen molar-refractivity contribution < 1.29 is 14.1 Å². The van der Waals surface area contributed by atoms with Crippen molar-refractivity contribution in [1.29, 1.82) is 0 Å². The second-order valence-electron chi connectivity index (χ2n) is 5.71. The molecule has 2 amide bonds. The van der Waals surface area contributed by atoms with E-state index < -0.39 is 0 Å². The van der Waals surface area contributed by atoms with Crippen molar-refractivity contribution in [2.75, 3.05) is 26.2 Å². The van der Waals surface area contributed by atoms with E-state index in [-0.39, 0.29) is 17.0 Å². The molecule has 0 atom stereocenters. The molecule has 128 valence electrons. The van der Waals surface area contributed by atoms with Crippen LogP contribution in [0.15, 0.2) is 21.3 Å². The summed E-state index contributed by atoms with van der Waals surface area (Å²) in [4.78, 5) is 28.2. The Bertz CT molecular complexity index is 702. The number of aryl methyl sites for hydroxylation is 1. The van der Waals surface area contributed by atoms with Crippen molar-refractivity contribution in [3.63, 3.8) is 0 Å². The first-order chi connectivity index (χ1) is 11.6. The first kappa shape index (κ1) is 17.0. The number of piperazine rings is 1. The molecule has 0 aromatic carbocycles. The quantitative estimate of drug-likeness (QED) is 0.833. The van der Waals surface area contributed by atoms with Crippen LogP contribution in [0.25, 0.3) is 0 Å². The Hall–Kier alpha value is -1.86. The molecule has 0 aliphatic carbocycles. The third-order valence-electron chi connectivity index (χ3n) is 4.21. The predicted molar refractivity (Wildman–Crippen MR) is 91.4 cm³/mol. The van der Waals surface area contributed by atoms with Crippen LogP contribution in [0.4, 0.5) is 0 Å². The van der Waals surface area contributed by atoms with Crippen molar-refractivity contribution in [3.05, 3.63) is 38.9 Å². The van der Waals surface area contributed by atoms with Gasteiger partial charge in [0.2, 0.25) is 11.1 Å². The first-order valence-corrected chi connectivity index (χ1v) is 9.08. The highest BCUT2D eigenvalue weighted by atomic mass is 35.5. The smallest absolute Gasteiger partial charge is 0.254 e. The summed E-state index contributed by atoms with van der Waals surface area (Å²) in [6, 6.07) is 1.83. The van der Waals surface area contributed by atoms with E-state index in [0.717, 1.165) is 16.8 Å². The van der Waals surface area contributed by atoms with Gasteiger partial charge in [0, 0.05) is 43.5 Å². The van der Waals surface area contributed by atoms with Crippen LogP contribution in [0, 0.1) is 6.92 Å². The van der Waals surface area contributed by atoms with Gasteiger partial charge in [-0.2, -0.15) is 11.3 Å². The second kappa shape index (κ2) is 7.36. The molecule has 0 saturated carbocycles. The minimum absolute atomic E-state index is 0.0372. The van der Waals surface area contributed by atoms with Crippen LogP contribution in [-0.4, -0.2) is 52.9 Å². The van der Waals surface area contributed by atoms with Gasteiger partial charge in [0.15, 0.2) is 0 Å². The van der Waals surface area contributed by atoms with Crippen LogP contribution in [0.1, 0.15) is 28.0 Å². The molecule has 1 saturated heterocycles. The van der Waals surface area contributed by atoms with Gasteiger partial charge >= 0.3 is 0 Å². The number of hydrogen-bond donors (Lipinski definition) is 0. The second-order valence-corrected chi connectivity index (χ2v) is 6.83. The molecule has 1 aliphatic rings. The highest BCUT2D eigenvalue weighted by molar-refractivity contribution is 7.08. The molecule has 0 N–H and O–H groups in total. The third-order valence-corrected chi connectivity index (χ3v) is 5.19. The average molecular weight is 368 g/mol. The Morgan fingerprint density at radius 1 is 1.29 bits per heavy atom. The minimum atomic E-state index is 0.0372. The van der Waals surface area contributed by atoms with Gasteiger partial charge in [0.25, 0.3) is 5.91 Å². The van der Waals surface area contributed by atoms with Crippen molar-refractivity contribution in [1.82, 2.24) is 15.0 Å². The van der Waals surface area contributed by atoms with Gasteiger partial charge in [-0.15, -0.1) is 0 Å². The molecule has 2 aromatic heterocycles. The monoisotopic (exact) mass is 367 g/mol. The maximum atomic E-state index is 12.4. The molecule has 3 heterocycles. The van der Waals surface area contributed by atoms with Crippen LogP contribution >= 0.6 is 22.9 Å². The molecule has 0 spiro atoms. The number of carbonyl (C=O) groups excluding carboxylic acids is 2. The maximum Gasteiger partial charge on any atom is 0.254 e. The van der Waals surface area contributed by atoms with Gasteiger partial charge in [0.1, 0.15) is 0 Å². The summed E-state index contributed by atoms with van der Waals surface area (Å²) in [5.41, 5.74) is 2.23. The largest absolute Gasteiger partial charge is 0.344 e. The van der Waals surface area contributed by atoms with Crippen LogP contribution in [0.5, 0.6) is 0 Å². The van der Waals surface area contributed by atoms with E-state index in [1.54, 1.807) is 9.80 Å². The molecule has 0 radical (unpaired) electrons. The SMILES string of the molecule is Cc1noc(Cl)c1CCC(=O)N1CCN(C(=O)c2ccsc2)CC1. The Kier molecular flexibility index (Phi) is 5.20. The lowest BCUT2D eigenvalue weighted by Gasteiger charge is -2.34. The zero-order chi connectivity index (χ0) is 17.1. The molecule has 2 aromatic rings. The third kappa shape index (κ3) is 3.62. The van der Waals surface area contributed by atoms with E-state index in [1.165, 1.54) is 11.3 Å². The van der Waals surface area contributed by atoms with Crippen LogP contribution in [-0.2, 0) is 11.2 Å². The van der Waals surface area contributed by atoms with Gasteiger partial charge < -0.3 is 14.3 Å². The minimum Gasteiger partial charge on any atom is -0.344 e. The Labute approximate surface area is 149 Å². The summed E-state index contributed by atoms with van der Waals surface area (Å²) < 4.78 is 4.90. The predicted octanol–water partition coefficient (Wildman–Crippen LogP) is 2.62. The number of halogens is 1. The standard InChI is InChI=1S/C16H18ClN3O3S/c1-11-13(15(17)23-18-11)2-3-14(21)19-5-7-20(8-6-19)16(22)12-4-9-24-10-12/h4,9-10H,2-3,5-8H2,1H3. The summed E-state index contributed by atoms with van der Waals surface area (Å²) in [5, 5.41) is 7.79. The summed E-state index contributed by atoms with van der Waals surface area (Å²) >= 11 is 7.43. The Morgan fingerprint density at radius 2 is 2.00 bits per heavy atom. The van der Waals surface area contributed by atoms with Gasteiger partial charge in [-0.05, 0) is 36.4 Å². The number of amides is 2. The van der Waals surface area contributed by atoms with E-state index in [0.29, 0.717) is 39.0 Å². The number of nitrogens with zero attached hydrogens (tertiary/aromatic N) is 3. The van der Waals surface area contributed by atoms with Gasteiger partial charge in [-0.25, -0.2) is 0 Å². The molecule has 8 heteroatoms. The average Bonchev–Trinajstić information content (AvgIpc) is 3.23. The topological polar surface area (TPSA) is 66.7 Å². The lowest BCUT2D eigenvalue weighted by Crippen LogP contribution is -2.50. The molecule has 0 bridgehead atoms. The first-order valence-electron chi connectivity index (χ1n) is 7.76. The van der Waals surface area contributed by atoms with Crippen molar-refractivity contribution in [2.24, 2.45) is 0 Å². The maximum absolute atomic E-state index is 12.4. The fourth-order valence-corrected chi connectivity index (χ4v) is 3.65. The lowest BCUT2D eigenvalue weighted by atomic mass is 10.1. The fourth-order valence-electron chi connectivity index (χ4n) is 2.76. The zero-order valence-electron chi connectivity index (χ0n) is 13.3. The number of rotatable bonds is 4. The fraction of sp³-hybridized carbons (Fsp3) is 0.438. The molecular formula is C16H18ClN3O3S. The summed E-state index contributed by atoms with van der Waals surface area (Å²) in [6.07, 6.45) is 0.876. The molecule has 1 fully saturated rings. The van der Waals surface area contributed by atoms with E-state index in [2.05, 4.69) is 5.16 Å². The zero-order valence-corrected chi connectivity index (χ0v) is 14.9. The van der Waals surface area contributed by atoms with Gasteiger partial charge in [-0.3, -0.25) is 9.59 Å². The summed E-state index contributed by atoms with van der Waals surface area (Å²) in [7, 11) is 0.